The molecular weight excluding hydrogens is 318 g/mol. The molecule has 3 aromatic carbocycles. The lowest BCUT2D eigenvalue weighted by molar-refractivity contribution is -0.115. The van der Waals surface area contributed by atoms with E-state index in [0.717, 1.165) is 17.7 Å². The predicted octanol–water partition coefficient (Wildman–Crippen LogP) is 5.24. The van der Waals surface area contributed by atoms with E-state index >= 15 is 0 Å². The van der Waals surface area contributed by atoms with E-state index in [-0.39, 0.29) is 11.8 Å². The zero-order valence-corrected chi connectivity index (χ0v) is 14.6. The molecule has 1 unspecified atom stereocenters. The number of hydrogen-bond acceptors (Lipinski definition) is 2. The Kier molecular flexibility index (Phi) is 4.65. The first kappa shape index (κ1) is 16.3. The number of hydrogen-bond donors (Lipinski definition) is 0. The highest BCUT2D eigenvalue weighted by Gasteiger charge is 2.29. The van der Waals surface area contributed by atoms with Crippen molar-refractivity contribution >= 4 is 11.4 Å². The number of ketones is 1. The van der Waals surface area contributed by atoms with E-state index in [9.17, 15) is 4.79 Å². The van der Waals surface area contributed by atoms with Crippen molar-refractivity contribution in [2.75, 3.05) is 0 Å². The van der Waals surface area contributed by atoms with Crippen molar-refractivity contribution in [2.45, 2.75) is 19.0 Å². The Labute approximate surface area is 154 Å². The second kappa shape index (κ2) is 7.40. The van der Waals surface area contributed by atoms with Crippen LogP contribution >= 0.6 is 0 Å². The quantitative estimate of drug-likeness (QED) is 0.647. The SMILES string of the molecule is O=C1CC(c2ccccc2)N(Cc2ccccc2)C=C1c1ccccc1. The van der Waals surface area contributed by atoms with Gasteiger partial charge in [-0.25, -0.2) is 0 Å². The summed E-state index contributed by atoms with van der Waals surface area (Å²) in [4.78, 5) is 15.2. The van der Waals surface area contributed by atoms with Gasteiger partial charge in [0.25, 0.3) is 0 Å². The molecule has 1 heterocycles. The van der Waals surface area contributed by atoms with Crippen LogP contribution in [0.15, 0.2) is 97.2 Å². The molecule has 3 aromatic rings. The molecular formula is C24H21NO. The zero-order valence-electron chi connectivity index (χ0n) is 14.6. The largest absolute Gasteiger partial charge is 0.365 e. The Hall–Kier alpha value is -3.13. The number of nitrogens with zero attached hydrogens (tertiary/aromatic N) is 1. The first-order valence-corrected chi connectivity index (χ1v) is 8.96. The summed E-state index contributed by atoms with van der Waals surface area (Å²) < 4.78 is 0. The molecule has 2 nitrogen and oxygen atoms in total. The van der Waals surface area contributed by atoms with Gasteiger partial charge in [0.2, 0.25) is 0 Å². The van der Waals surface area contributed by atoms with Crippen molar-refractivity contribution in [3.8, 4) is 0 Å². The summed E-state index contributed by atoms with van der Waals surface area (Å²) in [5.41, 5.74) is 4.21. The third kappa shape index (κ3) is 3.45. The van der Waals surface area contributed by atoms with Gasteiger partial charge in [0.15, 0.2) is 5.78 Å². The molecule has 1 atom stereocenters. The highest BCUT2D eigenvalue weighted by atomic mass is 16.1. The van der Waals surface area contributed by atoms with Crippen LogP contribution in [0.5, 0.6) is 0 Å². The molecule has 0 saturated heterocycles. The Morgan fingerprint density at radius 2 is 1.35 bits per heavy atom. The van der Waals surface area contributed by atoms with E-state index in [4.69, 9.17) is 0 Å². The van der Waals surface area contributed by atoms with Gasteiger partial charge in [-0.2, -0.15) is 0 Å². The van der Waals surface area contributed by atoms with Gasteiger partial charge in [-0.3, -0.25) is 4.79 Å². The van der Waals surface area contributed by atoms with Crippen LogP contribution in [0.1, 0.15) is 29.2 Å². The van der Waals surface area contributed by atoms with E-state index in [2.05, 4.69) is 41.3 Å². The molecule has 4 rings (SSSR count). The minimum Gasteiger partial charge on any atom is -0.365 e. The van der Waals surface area contributed by atoms with Gasteiger partial charge in [0.1, 0.15) is 0 Å². The van der Waals surface area contributed by atoms with Crippen LogP contribution in [-0.2, 0) is 11.3 Å². The standard InChI is InChI=1S/C24H21NO/c26-24-16-23(21-14-8-3-9-15-21)25(17-19-10-4-1-5-11-19)18-22(24)20-12-6-2-7-13-20/h1-15,18,23H,16-17H2. The molecule has 0 radical (unpaired) electrons. The second-order valence-corrected chi connectivity index (χ2v) is 6.62. The molecule has 0 saturated carbocycles. The summed E-state index contributed by atoms with van der Waals surface area (Å²) in [6.07, 6.45) is 2.55. The van der Waals surface area contributed by atoms with Gasteiger partial charge in [-0.1, -0.05) is 91.0 Å². The summed E-state index contributed by atoms with van der Waals surface area (Å²) >= 11 is 0. The number of carbonyl (C=O) groups is 1. The summed E-state index contributed by atoms with van der Waals surface area (Å²) in [6, 6.07) is 30.7. The molecule has 0 amide bonds. The average Bonchev–Trinajstić information content (AvgIpc) is 2.71. The minimum absolute atomic E-state index is 0.0661. The summed E-state index contributed by atoms with van der Waals surface area (Å²) in [5, 5.41) is 0. The lowest BCUT2D eigenvalue weighted by Crippen LogP contribution is -2.30. The Morgan fingerprint density at radius 1 is 0.769 bits per heavy atom. The summed E-state index contributed by atoms with van der Waals surface area (Å²) in [6.45, 7) is 0.782. The number of benzene rings is 3. The van der Waals surface area contributed by atoms with Crippen molar-refractivity contribution in [3.63, 3.8) is 0 Å². The van der Waals surface area contributed by atoms with Crippen molar-refractivity contribution in [1.29, 1.82) is 0 Å². The molecule has 0 aliphatic carbocycles. The van der Waals surface area contributed by atoms with Gasteiger partial charge >= 0.3 is 0 Å². The molecule has 2 heteroatoms. The molecule has 128 valence electrons. The Morgan fingerprint density at radius 3 is 2.00 bits per heavy atom. The lowest BCUT2D eigenvalue weighted by atomic mass is 9.90. The van der Waals surface area contributed by atoms with Crippen LogP contribution in [0.3, 0.4) is 0 Å². The van der Waals surface area contributed by atoms with Gasteiger partial charge in [0, 0.05) is 24.7 Å². The summed E-state index contributed by atoms with van der Waals surface area (Å²) in [5.74, 6) is 0.203. The van der Waals surface area contributed by atoms with E-state index in [1.54, 1.807) is 0 Å². The fourth-order valence-corrected chi connectivity index (χ4v) is 3.52. The maximum atomic E-state index is 12.9. The van der Waals surface area contributed by atoms with Crippen LogP contribution in [0, 0.1) is 0 Å². The van der Waals surface area contributed by atoms with Crippen molar-refractivity contribution in [3.05, 3.63) is 114 Å². The molecule has 26 heavy (non-hydrogen) atoms. The van der Waals surface area contributed by atoms with Crippen LogP contribution in [0.25, 0.3) is 5.57 Å². The third-order valence-corrected chi connectivity index (χ3v) is 4.85. The van der Waals surface area contributed by atoms with Crippen molar-refractivity contribution < 1.29 is 4.79 Å². The monoisotopic (exact) mass is 339 g/mol. The molecule has 0 bridgehead atoms. The Balaban J connectivity index is 1.73. The fraction of sp³-hybridized carbons (Fsp3) is 0.125. The van der Waals surface area contributed by atoms with Gasteiger partial charge in [-0.15, -0.1) is 0 Å². The van der Waals surface area contributed by atoms with Gasteiger partial charge in [-0.05, 0) is 16.7 Å². The third-order valence-electron chi connectivity index (χ3n) is 4.85. The maximum absolute atomic E-state index is 12.9. The molecule has 0 spiro atoms. The topological polar surface area (TPSA) is 20.3 Å². The van der Waals surface area contributed by atoms with Crippen molar-refractivity contribution in [2.24, 2.45) is 0 Å². The van der Waals surface area contributed by atoms with Crippen LogP contribution < -0.4 is 0 Å². The number of rotatable bonds is 4. The average molecular weight is 339 g/mol. The fourth-order valence-electron chi connectivity index (χ4n) is 3.52. The second-order valence-electron chi connectivity index (χ2n) is 6.62. The van der Waals surface area contributed by atoms with E-state index in [1.165, 1.54) is 11.1 Å². The normalized spacial score (nSPS) is 17.1. The smallest absolute Gasteiger partial charge is 0.167 e. The highest BCUT2D eigenvalue weighted by molar-refractivity contribution is 6.21. The zero-order chi connectivity index (χ0) is 17.8. The maximum Gasteiger partial charge on any atom is 0.167 e. The van der Waals surface area contributed by atoms with Crippen LogP contribution in [-0.4, -0.2) is 10.7 Å². The number of allylic oxidation sites excluding steroid dienone is 1. The molecule has 0 aromatic heterocycles. The highest BCUT2D eigenvalue weighted by Crippen LogP contribution is 2.35. The molecule has 1 aliphatic heterocycles. The van der Waals surface area contributed by atoms with Crippen LogP contribution in [0.4, 0.5) is 0 Å². The van der Waals surface area contributed by atoms with Crippen molar-refractivity contribution in [1.82, 2.24) is 4.90 Å². The predicted molar refractivity (Wildman–Crippen MR) is 105 cm³/mol. The molecule has 0 N–H and O–H groups in total. The van der Waals surface area contributed by atoms with E-state index < -0.39 is 0 Å². The van der Waals surface area contributed by atoms with E-state index in [1.807, 2.05) is 60.8 Å². The summed E-state index contributed by atoms with van der Waals surface area (Å²) in [7, 11) is 0. The van der Waals surface area contributed by atoms with Gasteiger partial charge < -0.3 is 4.90 Å². The first-order valence-electron chi connectivity index (χ1n) is 8.96. The molecule has 0 fully saturated rings. The minimum atomic E-state index is 0.0661. The van der Waals surface area contributed by atoms with Crippen LogP contribution in [0.2, 0.25) is 0 Å². The number of Topliss-reactive ketones (excluding diaryl/α,β-unsaturated/α-hetero) is 1. The molecule has 1 aliphatic rings. The van der Waals surface area contributed by atoms with E-state index in [0.29, 0.717) is 6.42 Å². The number of carbonyl (C=O) groups excluding carboxylic acids is 1. The van der Waals surface area contributed by atoms with Gasteiger partial charge in [0.05, 0.1) is 6.04 Å². The Bertz CT molecular complexity index is 901. The lowest BCUT2D eigenvalue weighted by Gasteiger charge is -2.35. The first-order chi connectivity index (χ1) is 12.8.